The van der Waals surface area contributed by atoms with Gasteiger partial charge in [0.05, 0.1) is 13.8 Å². The predicted octanol–water partition coefficient (Wildman–Crippen LogP) is 5.12. The monoisotopic (exact) mass is 245 g/mol. The van der Waals surface area contributed by atoms with E-state index in [0.29, 0.717) is 0 Å². The van der Waals surface area contributed by atoms with Gasteiger partial charge in [0, 0.05) is 12.1 Å². The molecule has 0 spiro atoms. The number of thioether (sulfide) groups is 1. The standard InChI is InChI=1S/C15H17OS/c1-10-5-14(6-11(2)16-10)9-15-7-12(3)17-13(4)8-15/h5-9H,1-4H3/q+1. The van der Waals surface area contributed by atoms with E-state index < -0.39 is 0 Å². The molecule has 1 aromatic rings. The molecule has 88 valence electrons. The highest BCUT2D eigenvalue weighted by atomic mass is 32.2. The Balaban J connectivity index is 2.38. The number of allylic oxidation sites excluding steroid dienone is 5. The molecule has 2 rings (SSSR count). The van der Waals surface area contributed by atoms with Gasteiger partial charge in [-0.05, 0) is 53.0 Å². The van der Waals surface area contributed by atoms with E-state index in [9.17, 15) is 0 Å². The molecule has 2 heterocycles. The molecule has 1 aliphatic rings. The number of hydrogen-bond acceptors (Lipinski definition) is 1. The molecular weight excluding hydrogens is 228 g/mol. The molecule has 0 unspecified atom stereocenters. The SMILES string of the molecule is CC1=CC(=Cc2cc(C)[o+]c(C)c2)C=C(C)S1. The van der Waals surface area contributed by atoms with E-state index in [2.05, 4.69) is 44.2 Å². The Labute approximate surface area is 107 Å². The van der Waals surface area contributed by atoms with Crippen LogP contribution >= 0.6 is 11.8 Å². The summed E-state index contributed by atoms with van der Waals surface area (Å²) in [6.45, 7) is 8.25. The summed E-state index contributed by atoms with van der Waals surface area (Å²) in [7, 11) is 0. The van der Waals surface area contributed by atoms with Gasteiger partial charge in [-0.15, -0.1) is 0 Å². The lowest BCUT2D eigenvalue weighted by Gasteiger charge is -2.09. The van der Waals surface area contributed by atoms with Crippen LogP contribution < -0.4 is 0 Å². The van der Waals surface area contributed by atoms with Gasteiger partial charge in [0.15, 0.2) is 0 Å². The van der Waals surface area contributed by atoms with E-state index in [1.54, 1.807) is 0 Å². The van der Waals surface area contributed by atoms with Gasteiger partial charge >= 0.3 is 11.5 Å². The third kappa shape index (κ3) is 3.34. The van der Waals surface area contributed by atoms with Crippen LogP contribution in [0.1, 0.15) is 30.9 Å². The van der Waals surface area contributed by atoms with Crippen LogP contribution in [0, 0.1) is 13.8 Å². The average molecular weight is 245 g/mol. The lowest BCUT2D eigenvalue weighted by Crippen LogP contribution is -1.86. The Morgan fingerprint density at radius 3 is 2.00 bits per heavy atom. The van der Waals surface area contributed by atoms with Crippen molar-refractivity contribution in [3.8, 4) is 0 Å². The highest BCUT2D eigenvalue weighted by Crippen LogP contribution is 2.32. The summed E-state index contributed by atoms with van der Waals surface area (Å²) in [6, 6.07) is 4.13. The molecule has 1 nitrogen and oxygen atoms in total. The van der Waals surface area contributed by atoms with Gasteiger partial charge in [-0.2, -0.15) is 0 Å². The molecule has 0 saturated heterocycles. The molecule has 1 aromatic heterocycles. The van der Waals surface area contributed by atoms with Crippen molar-refractivity contribution in [3.05, 3.63) is 56.8 Å². The minimum atomic E-state index is 0.948. The Bertz CT molecular complexity index is 496. The van der Waals surface area contributed by atoms with E-state index in [0.717, 1.165) is 11.5 Å². The highest BCUT2D eigenvalue weighted by Gasteiger charge is 2.08. The van der Waals surface area contributed by atoms with E-state index >= 15 is 0 Å². The van der Waals surface area contributed by atoms with Gasteiger partial charge < -0.3 is 0 Å². The van der Waals surface area contributed by atoms with Crippen LogP contribution in [0.3, 0.4) is 0 Å². The second kappa shape index (κ2) is 4.92. The van der Waals surface area contributed by atoms with E-state index in [1.807, 2.05) is 25.6 Å². The van der Waals surface area contributed by atoms with E-state index in [4.69, 9.17) is 4.42 Å². The van der Waals surface area contributed by atoms with Crippen molar-refractivity contribution in [2.75, 3.05) is 0 Å². The highest BCUT2D eigenvalue weighted by molar-refractivity contribution is 8.06. The minimum Gasteiger partial charge on any atom is -0.218 e. The molecular formula is C15H17OS+. The molecule has 0 fully saturated rings. The number of rotatable bonds is 1. The second-order valence-electron chi connectivity index (χ2n) is 4.37. The molecule has 0 radical (unpaired) electrons. The van der Waals surface area contributed by atoms with Crippen molar-refractivity contribution >= 4 is 17.8 Å². The molecule has 0 bridgehead atoms. The third-order valence-electron chi connectivity index (χ3n) is 2.46. The first kappa shape index (κ1) is 12.2. The number of hydrogen-bond donors (Lipinski definition) is 0. The Kier molecular flexibility index (Phi) is 3.53. The van der Waals surface area contributed by atoms with Gasteiger partial charge in [-0.1, -0.05) is 11.8 Å². The smallest absolute Gasteiger partial charge is 0.218 e. The largest absolute Gasteiger partial charge is 0.327 e. The van der Waals surface area contributed by atoms with Crippen molar-refractivity contribution in [3.63, 3.8) is 0 Å². The van der Waals surface area contributed by atoms with Crippen LogP contribution in [0.5, 0.6) is 0 Å². The molecule has 0 aliphatic carbocycles. The zero-order valence-corrected chi connectivity index (χ0v) is 11.5. The van der Waals surface area contributed by atoms with Gasteiger partial charge in [0.2, 0.25) is 0 Å². The molecule has 0 amide bonds. The van der Waals surface area contributed by atoms with Gasteiger partial charge in [-0.3, -0.25) is 0 Å². The van der Waals surface area contributed by atoms with Crippen LogP contribution in [0.15, 0.2) is 44.1 Å². The maximum Gasteiger partial charge on any atom is 0.327 e. The number of aryl methyl sites for hydroxylation is 2. The summed E-state index contributed by atoms with van der Waals surface area (Å²) < 4.78 is 5.48. The van der Waals surface area contributed by atoms with Crippen LogP contribution in [0.2, 0.25) is 0 Å². The topological polar surface area (TPSA) is 11.3 Å². The van der Waals surface area contributed by atoms with Crippen molar-refractivity contribution in [1.29, 1.82) is 0 Å². The van der Waals surface area contributed by atoms with Crippen LogP contribution in [0.25, 0.3) is 6.08 Å². The van der Waals surface area contributed by atoms with Gasteiger partial charge in [-0.25, -0.2) is 4.42 Å². The summed E-state index contributed by atoms with van der Waals surface area (Å²) in [5, 5.41) is 0. The lowest BCUT2D eigenvalue weighted by molar-refractivity contribution is 0.485. The van der Waals surface area contributed by atoms with E-state index in [1.165, 1.54) is 20.9 Å². The zero-order valence-electron chi connectivity index (χ0n) is 10.7. The van der Waals surface area contributed by atoms with E-state index in [-0.39, 0.29) is 0 Å². The van der Waals surface area contributed by atoms with Gasteiger partial charge in [0.1, 0.15) is 0 Å². The van der Waals surface area contributed by atoms with Crippen LogP contribution in [-0.4, -0.2) is 0 Å². The molecule has 0 N–H and O–H groups in total. The summed E-state index contributed by atoms with van der Waals surface area (Å²) in [5.74, 6) is 1.90. The lowest BCUT2D eigenvalue weighted by atomic mass is 10.1. The summed E-state index contributed by atoms with van der Waals surface area (Å²) >= 11 is 1.82. The first-order valence-corrected chi connectivity index (χ1v) is 6.52. The summed E-state index contributed by atoms with van der Waals surface area (Å²) in [6.07, 6.45) is 6.63. The van der Waals surface area contributed by atoms with Crippen molar-refractivity contribution in [2.45, 2.75) is 27.7 Å². The van der Waals surface area contributed by atoms with Crippen molar-refractivity contribution < 1.29 is 4.42 Å². The van der Waals surface area contributed by atoms with Crippen molar-refractivity contribution in [1.82, 2.24) is 0 Å². The molecule has 1 aliphatic heterocycles. The quantitative estimate of drug-likeness (QED) is 0.636. The fourth-order valence-corrected chi connectivity index (χ4v) is 2.90. The Morgan fingerprint density at radius 2 is 1.47 bits per heavy atom. The van der Waals surface area contributed by atoms with Crippen LogP contribution in [0.4, 0.5) is 0 Å². The fraction of sp³-hybridized carbons (Fsp3) is 0.267. The normalized spacial score (nSPS) is 15.4. The third-order valence-corrected chi connectivity index (χ3v) is 3.34. The molecule has 0 atom stereocenters. The second-order valence-corrected chi connectivity index (χ2v) is 5.86. The average Bonchev–Trinajstić information content (AvgIpc) is 2.13. The fourth-order valence-electron chi connectivity index (χ4n) is 2.01. The molecule has 2 heteroatoms. The first-order valence-electron chi connectivity index (χ1n) is 5.70. The molecule has 0 saturated carbocycles. The zero-order chi connectivity index (χ0) is 12.4. The maximum absolute atomic E-state index is 5.48. The Morgan fingerprint density at radius 1 is 0.941 bits per heavy atom. The first-order chi connectivity index (χ1) is 8.02. The minimum absolute atomic E-state index is 0.948. The Hall–Kier alpha value is -1.28. The van der Waals surface area contributed by atoms with Gasteiger partial charge in [0.25, 0.3) is 0 Å². The van der Waals surface area contributed by atoms with Crippen LogP contribution in [-0.2, 0) is 0 Å². The maximum atomic E-state index is 5.48. The molecule has 0 aromatic carbocycles. The molecule has 17 heavy (non-hydrogen) atoms. The predicted molar refractivity (Wildman–Crippen MR) is 75.7 cm³/mol. The summed E-state index contributed by atoms with van der Waals surface area (Å²) in [5.41, 5.74) is 2.45. The summed E-state index contributed by atoms with van der Waals surface area (Å²) in [4.78, 5) is 2.68. The van der Waals surface area contributed by atoms with Crippen molar-refractivity contribution in [2.24, 2.45) is 0 Å².